The highest BCUT2D eigenvalue weighted by molar-refractivity contribution is 6.30. The van der Waals surface area contributed by atoms with Gasteiger partial charge in [-0.2, -0.15) is 0 Å². The molecule has 3 N–H and O–H groups in total. The van der Waals surface area contributed by atoms with Gasteiger partial charge in [0.1, 0.15) is 0 Å². The van der Waals surface area contributed by atoms with E-state index in [1.54, 1.807) is 0 Å². The van der Waals surface area contributed by atoms with Gasteiger partial charge >= 0.3 is 19.3 Å². The van der Waals surface area contributed by atoms with Gasteiger partial charge in [-0.25, -0.2) is 19.5 Å². The van der Waals surface area contributed by atoms with Crippen molar-refractivity contribution in [3.8, 4) is 0 Å². The van der Waals surface area contributed by atoms with Gasteiger partial charge in [-0.3, -0.25) is 0 Å². The van der Waals surface area contributed by atoms with Gasteiger partial charge < -0.3 is 19.6 Å². The van der Waals surface area contributed by atoms with Crippen molar-refractivity contribution in [3.05, 3.63) is 0 Å². The summed E-state index contributed by atoms with van der Waals surface area (Å²) in [4.78, 5) is 23.4. The van der Waals surface area contributed by atoms with Gasteiger partial charge in [0.25, 0.3) is 0 Å². The number of rotatable bonds is 4. The maximum atomic E-state index is 10.5. The molecule has 0 spiro atoms. The van der Waals surface area contributed by atoms with Crippen molar-refractivity contribution in [2.75, 3.05) is 26.2 Å². The maximum Gasteiger partial charge on any atom is 0.631 e. The molecule has 0 aliphatic heterocycles. The molecule has 11 heteroatoms. The molecule has 0 radical (unpaired) electrons. The highest BCUT2D eigenvalue weighted by Crippen LogP contribution is 2.03. The van der Waals surface area contributed by atoms with Gasteiger partial charge in [-0.15, -0.1) is 0 Å². The first-order valence-corrected chi connectivity index (χ1v) is 6.24. The molecule has 0 unspecified atom stereocenters. The summed E-state index contributed by atoms with van der Waals surface area (Å²) in [5, 5.41) is 21.5. The number of nitrogens with zero attached hydrogens (tertiary/aromatic N) is 1. The summed E-state index contributed by atoms with van der Waals surface area (Å²) in [5.74, 6) is -4.04. The zero-order chi connectivity index (χ0) is 17.5. The average molecular weight is 318 g/mol. The number of halogens is 2. The van der Waals surface area contributed by atoms with Gasteiger partial charge in [0.15, 0.2) is 0 Å². The van der Waals surface area contributed by atoms with Crippen LogP contribution in [0.1, 0.15) is 27.7 Å². The lowest BCUT2D eigenvalue weighted by molar-refractivity contribution is -0.921. The van der Waals surface area contributed by atoms with Crippen molar-refractivity contribution in [1.29, 1.82) is 0 Å². The van der Waals surface area contributed by atoms with Crippen LogP contribution in [0, 0.1) is 0 Å². The van der Waals surface area contributed by atoms with Crippen LogP contribution in [0.15, 0.2) is 0 Å². The fourth-order valence-corrected chi connectivity index (χ4v) is 1.40. The molecule has 0 rings (SSSR count). The van der Waals surface area contributed by atoms with Gasteiger partial charge in [-0.1, -0.05) is 0 Å². The molecule has 0 bridgehead atoms. The molecule has 0 aromatic carbocycles. The van der Waals surface area contributed by atoms with E-state index in [2.05, 4.69) is 37.6 Å². The van der Waals surface area contributed by atoms with E-state index in [9.17, 15) is 18.6 Å². The number of quaternary nitrogens is 1. The topological polar surface area (TPSA) is 113 Å². The molecule has 0 atom stereocenters. The summed E-state index contributed by atoms with van der Waals surface area (Å²) in [6.07, 6.45) is 0. The van der Waals surface area contributed by atoms with Crippen molar-refractivity contribution < 1.29 is 48.1 Å². The fourth-order valence-electron chi connectivity index (χ4n) is 1.40. The first-order valence-electron chi connectivity index (χ1n) is 6.24. The summed E-state index contributed by atoms with van der Waals surface area (Å²) in [5.41, 5.74) is 0. The Morgan fingerprint density at radius 1 is 0.857 bits per heavy atom. The van der Waals surface area contributed by atoms with Gasteiger partial charge in [-0.05, 0) is 27.7 Å². The Bertz CT molecular complexity index is 244. The van der Waals surface area contributed by atoms with Gasteiger partial charge in [0.05, 0.1) is 26.2 Å². The van der Waals surface area contributed by atoms with Crippen LogP contribution in [0.2, 0.25) is 0 Å². The summed E-state index contributed by atoms with van der Waals surface area (Å²) < 4.78 is 22.3. The van der Waals surface area contributed by atoms with E-state index in [1.165, 1.54) is 30.7 Å². The van der Waals surface area contributed by atoms with Crippen molar-refractivity contribution in [2.24, 2.45) is 0 Å². The van der Waals surface area contributed by atoms with E-state index in [0.717, 1.165) is 0 Å². The zero-order valence-electron chi connectivity index (χ0n) is 12.6. The van der Waals surface area contributed by atoms with E-state index in [-0.39, 0.29) is 0 Å². The summed E-state index contributed by atoms with van der Waals surface area (Å²) >= 11 is 0. The van der Waals surface area contributed by atoms with Crippen LogP contribution < -0.4 is 0 Å². The highest BCUT2D eigenvalue weighted by Gasteiger charge is 2.18. The third-order valence-electron chi connectivity index (χ3n) is 2.99. The molecule has 0 aromatic heterocycles. The molecule has 0 fully saturated rings. The Kier molecular flexibility index (Phi) is 17.8. The van der Waals surface area contributed by atoms with Crippen LogP contribution >= 0.6 is 0 Å². The predicted octanol–water partition coefficient (Wildman–Crippen LogP) is -0.327. The Morgan fingerprint density at radius 3 is 1.10 bits per heavy atom. The standard InChI is InChI=1S/C8H20N.C2F2O4.BH3O3/c1-5-9(6-2,7-3)8-4;3-7-1(5)2(6)8-4;2-1(3)4/h5-8H2,1-4H3;;2-4H/q+1;;. The van der Waals surface area contributed by atoms with Crippen LogP contribution in [0.3, 0.4) is 0 Å². The molecule has 0 aromatic rings. The van der Waals surface area contributed by atoms with E-state index >= 15 is 0 Å². The molecular formula is C10H23BF2NO7+. The Balaban J connectivity index is -0.000000249. The molecule has 0 amide bonds. The largest absolute Gasteiger partial charge is 0.631 e. The third kappa shape index (κ3) is 14.9. The molecule has 0 heterocycles. The average Bonchev–Trinajstić information content (AvgIpc) is 2.48. The molecule has 21 heavy (non-hydrogen) atoms. The smallest absolute Gasteiger partial charge is 0.402 e. The summed E-state index contributed by atoms with van der Waals surface area (Å²) in [6, 6.07) is 0. The number of carbonyl (C=O) groups excluding carboxylic acids is 2. The second kappa shape index (κ2) is 15.1. The van der Waals surface area contributed by atoms with Crippen molar-refractivity contribution in [3.63, 3.8) is 0 Å². The maximum absolute atomic E-state index is 10.5. The van der Waals surface area contributed by atoms with E-state index in [0.29, 0.717) is 0 Å². The van der Waals surface area contributed by atoms with Crippen LogP contribution in [0.5, 0.6) is 0 Å². The molecule has 0 saturated carbocycles. The molecule has 8 nitrogen and oxygen atoms in total. The monoisotopic (exact) mass is 318 g/mol. The molecule has 126 valence electrons. The van der Waals surface area contributed by atoms with Crippen molar-refractivity contribution in [2.45, 2.75) is 27.7 Å². The highest BCUT2D eigenvalue weighted by atomic mass is 19.3. The number of carbonyl (C=O) groups is 2. The van der Waals surface area contributed by atoms with E-state index in [4.69, 9.17) is 15.1 Å². The Hall–Kier alpha value is -1.30. The van der Waals surface area contributed by atoms with E-state index < -0.39 is 19.3 Å². The Morgan fingerprint density at radius 2 is 1.05 bits per heavy atom. The minimum atomic E-state index is -2.17. The van der Waals surface area contributed by atoms with Crippen molar-refractivity contribution in [1.82, 2.24) is 0 Å². The fraction of sp³-hybridized carbons (Fsp3) is 0.800. The lowest BCUT2D eigenvalue weighted by atomic mass is 10.3. The zero-order valence-corrected chi connectivity index (χ0v) is 12.6. The first-order chi connectivity index (χ1) is 9.69. The molecule has 0 aliphatic carbocycles. The van der Waals surface area contributed by atoms with Crippen molar-refractivity contribution >= 4 is 19.3 Å². The molecule has 0 aliphatic rings. The quantitative estimate of drug-likeness (QED) is 0.369. The first kappa shape index (κ1) is 24.7. The van der Waals surface area contributed by atoms with Crippen LogP contribution in [0.25, 0.3) is 0 Å². The second-order valence-electron chi connectivity index (χ2n) is 3.68. The number of hydrogen-bond donors (Lipinski definition) is 3. The number of hydrogen-bond acceptors (Lipinski definition) is 7. The lowest BCUT2D eigenvalue weighted by Crippen LogP contribution is -2.47. The normalized spacial score (nSPS) is 9.38. The van der Waals surface area contributed by atoms with Crippen LogP contribution in [-0.2, 0) is 19.5 Å². The third-order valence-corrected chi connectivity index (χ3v) is 2.99. The molecular weight excluding hydrogens is 295 g/mol. The van der Waals surface area contributed by atoms with Crippen LogP contribution in [-0.4, -0.2) is 65.0 Å². The SMILES string of the molecule is CC[N+](CC)(CC)CC.O=C(OF)C(=O)OF.OB(O)O. The minimum Gasteiger partial charge on any atom is -0.402 e. The summed E-state index contributed by atoms with van der Waals surface area (Å²) in [7, 11) is -2.17. The molecule has 0 saturated heterocycles. The summed E-state index contributed by atoms with van der Waals surface area (Å²) in [6.45, 7) is 14.2. The lowest BCUT2D eigenvalue weighted by Gasteiger charge is -2.34. The second-order valence-corrected chi connectivity index (χ2v) is 3.68. The van der Waals surface area contributed by atoms with E-state index in [1.807, 2.05) is 0 Å². The van der Waals surface area contributed by atoms with Gasteiger partial charge in [0.2, 0.25) is 0 Å². The van der Waals surface area contributed by atoms with Gasteiger partial charge in [0, 0.05) is 9.05 Å². The minimum absolute atomic E-state index is 1.28. The Labute approximate surface area is 122 Å². The predicted molar refractivity (Wildman–Crippen MR) is 69.2 cm³/mol. The van der Waals surface area contributed by atoms with Crippen LogP contribution in [0.4, 0.5) is 9.05 Å².